The molecule has 0 aliphatic carbocycles. The highest BCUT2D eigenvalue weighted by Crippen LogP contribution is 2.29. The van der Waals surface area contributed by atoms with Gasteiger partial charge < -0.3 is 14.4 Å². The molecule has 0 saturated carbocycles. The van der Waals surface area contributed by atoms with Gasteiger partial charge in [-0.2, -0.15) is 0 Å². The van der Waals surface area contributed by atoms with E-state index in [2.05, 4.69) is 45.6 Å². The number of carbonyl (C=O) groups excluding carboxylic acids is 1. The van der Waals surface area contributed by atoms with Crippen molar-refractivity contribution in [3.8, 4) is 5.75 Å². The number of fused-ring (bicyclic) bond motifs is 1. The summed E-state index contributed by atoms with van der Waals surface area (Å²) in [5.41, 5.74) is 3.79. The lowest BCUT2D eigenvalue weighted by Crippen LogP contribution is -2.37. The molecule has 0 N–H and O–H groups in total. The number of benzene rings is 1. The number of thioether (sulfide) groups is 1. The molecule has 34 heavy (non-hydrogen) atoms. The van der Waals surface area contributed by atoms with Crippen LogP contribution in [0.15, 0.2) is 46.1 Å². The van der Waals surface area contributed by atoms with Crippen LogP contribution in [0.3, 0.4) is 0 Å². The minimum Gasteiger partial charge on any atom is -0.495 e. The highest BCUT2D eigenvalue weighted by Gasteiger charge is 2.22. The molecule has 0 amide bonds. The largest absolute Gasteiger partial charge is 0.495 e. The molecule has 1 aliphatic heterocycles. The summed E-state index contributed by atoms with van der Waals surface area (Å²) >= 11 is 3.81. The van der Waals surface area contributed by atoms with Crippen molar-refractivity contribution in [1.29, 1.82) is 0 Å². The third-order valence-electron chi connectivity index (χ3n) is 6.51. The maximum Gasteiger partial charge on any atom is 0.305 e. The molecule has 182 valence electrons. The Kier molecular flexibility index (Phi) is 9.25. The molecule has 4 rings (SSSR count). The minimum atomic E-state index is -0.0795. The molecule has 0 unspecified atom stereocenters. The standard InChI is InChI=1S/C27H34N2O3S2/c1-31-23-16-24-22(9-4-10-25(24)28-17-23)8-3-6-21-15-27(34-19-21)33-13-12-29-11-5-7-20(18-29)14-26(30)32-2/h4,9-10,15-17,19-20H,3,5-8,11-14,18H2,1-2H3/t20-/m1/s1. The molecule has 3 aromatic rings. The number of hydrogen-bond acceptors (Lipinski definition) is 7. The molecule has 1 aromatic carbocycles. The van der Waals surface area contributed by atoms with Gasteiger partial charge in [-0.1, -0.05) is 12.1 Å². The monoisotopic (exact) mass is 498 g/mol. The second-order valence-electron chi connectivity index (χ2n) is 8.92. The number of thiophene rings is 1. The predicted octanol–water partition coefficient (Wildman–Crippen LogP) is 5.85. The van der Waals surface area contributed by atoms with Crippen LogP contribution in [0.4, 0.5) is 0 Å². The van der Waals surface area contributed by atoms with Crippen molar-refractivity contribution in [3.05, 3.63) is 53.0 Å². The van der Waals surface area contributed by atoms with Crippen LogP contribution in [0.25, 0.3) is 10.9 Å². The summed E-state index contributed by atoms with van der Waals surface area (Å²) in [5.74, 6) is 2.26. The zero-order chi connectivity index (χ0) is 23.8. The number of nitrogens with zero attached hydrogens (tertiary/aromatic N) is 2. The average Bonchev–Trinajstić information content (AvgIpc) is 3.31. The van der Waals surface area contributed by atoms with Crippen molar-refractivity contribution in [2.75, 3.05) is 39.6 Å². The number of piperidine rings is 1. The number of pyridine rings is 1. The fourth-order valence-electron chi connectivity index (χ4n) is 4.68. The molecular weight excluding hydrogens is 464 g/mol. The van der Waals surface area contributed by atoms with Gasteiger partial charge in [-0.3, -0.25) is 9.78 Å². The van der Waals surface area contributed by atoms with E-state index < -0.39 is 0 Å². The summed E-state index contributed by atoms with van der Waals surface area (Å²) in [5, 5.41) is 3.50. The van der Waals surface area contributed by atoms with Crippen molar-refractivity contribution >= 4 is 40.0 Å². The van der Waals surface area contributed by atoms with Crippen LogP contribution in [0.2, 0.25) is 0 Å². The molecule has 1 atom stereocenters. The fourth-order valence-corrected chi connectivity index (χ4v) is 6.80. The van der Waals surface area contributed by atoms with E-state index >= 15 is 0 Å². The van der Waals surface area contributed by atoms with E-state index in [1.54, 1.807) is 13.3 Å². The van der Waals surface area contributed by atoms with Crippen molar-refractivity contribution in [2.24, 2.45) is 5.92 Å². The Morgan fingerprint density at radius 3 is 3.03 bits per heavy atom. The first-order valence-corrected chi connectivity index (χ1v) is 13.9. The number of ether oxygens (including phenoxy) is 2. The second-order valence-corrected chi connectivity index (χ2v) is 11.2. The van der Waals surface area contributed by atoms with Gasteiger partial charge >= 0.3 is 5.97 Å². The average molecular weight is 499 g/mol. The van der Waals surface area contributed by atoms with E-state index in [-0.39, 0.29) is 5.97 Å². The molecule has 1 saturated heterocycles. The van der Waals surface area contributed by atoms with E-state index in [0.29, 0.717) is 12.3 Å². The quantitative estimate of drug-likeness (QED) is 0.244. The molecule has 3 heterocycles. The van der Waals surface area contributed by atoms with Gasteiger partial charge in [0, 0.05) is 30.6 Å². The Morgan fingerprint density at radius 1 is 1.26 bits per heavy atom. The second kappa shape index (κ2) is 12.6. The van der Waals surface area contributed by atoms with Crippen LogP contribution in [0.5, 0.6) is 5.75 Å². The van der Waals surface area contributed by atoms with Crippen molar-refractivity contribution in [3.63, 3.8) is 0 Å². The first-order valence-electron chi connectivity index (χ1n) is 12.1. The van der Waals surface area contributed by atoms with Crippen molar-refractivity contribution in [2.45, 2.75) is 42.7 Å². The summed E-state index contributed by atoms with van der Waals surface area (Å²) < 4.78 is 11.6. The fraction of sp³-hybridized carbons (Fsp3) is 0.481. The normalized spacial score (nSPS) is 16.6. The van der Waals surface area contributed by atoms with Gasteiger partial charge in [-0.05, 0) is 79.3 Å². The minimum absolute atomic E-state index is 0.0795. The van der Waals surface area contributed by atoms with Gasteiger partial charge in [0.1, 0.15) is 5.75 Å². The van der Waals surface area contributed by atoms with Gasteiger partial charge in [0.15, 0.2) is 0 Å². The number of methoxy groups -OCH3 is 2. The first kappa shape index (κ1) is 25.0. The lowest BCUT2D eigenvalue weighted by atomic mass is 9.95. The molecule has 1 fully saturated rings. The molecule has 0 radical (unpaired) electrons. The molecule has 1 aliphatic rings. The van der Waals surface area contributed by atoms with Gasteiger partial charge in [0.2, 0.25) is 0 Å². The maximum absolute atomic E-state index is 11.6. The number of aryl methyl sites for hydroxylation is 2. The lowest BCUT2D eigenvalue weighted by Gasteiger charge is -2.32. The Hall–Kier alpha value is -2.09. The lowest BCUT2D eigenvalue weighted by molar-refractivity contribution is -0.142. The SMILES string of the molecule is COC(=O)C[C@H]1CCCN(CCSc2cc(CCCc3cccc4ncc(OC)cc34)cs2)C1. The Morgan fingerprint density at radius 2 is 2.18 bits per heavy atom. The molecular formula is C27H34N2O3S2. The molecule has 0 bridgehead atoms. The van der Waals surface area contributed by atoms with Crippen molar-refractivity contribution < 1.29 is 14.3 Å². The third kappa shape index (κ3) is 6.96. The van der Waals surface area contributed by atoms with E-state index in [0.717, 1.165) is 62.3 Å². The van der Waals surface area contributed by atoms with Crippen LogP contribution in [0, 0.1) is 5.92 Å². The number of esters is 1. The highest BCUT2D eigenvalue weighted by molar-refractivity contribution is 8.01. The summed E-state index contributed by atoms with van der Waals surface area (Å²) in [6.07, 6.45) is 7.88. The smallest absolute Gasteiger partial charge is 0.305 e. The van der Waals surface area contributed by atoms with Crippen LogP contribution >= 0.6 is 23.1 Å². The molecule has 2 aromatic heterocycles. The van der Waals surface area contributed by atoms with Gasteiger partial charge in [0.25, 0.3) is 0 Å². The van der Waals surface area contributed by atoms with Gasteiger partial charge in [-0.25, -0.2) is 0 Å². The van der Waals surface area contributed by atoms with E-state index in [1.165, 1.54) is 34.3 Å². The number of likely N-dealkylation sites (tertiary alicyclic amines) is 1. The predicted molar refractivity (Wildman–Crippen MR) is 141 cm³/mol. The molecule has 7 heteroatoms. The van der Waals surface area contributed by atoms with Gasteiger partial charge in [0.05, 0.1) is 30.1 Å². The van der Waals surface area contributed by atoms with E-state index in [1.807, 2.05) is 23.1 Å². The first-order chi connectivity index (χ1) is 16.6. The number of aromatic nitrogens is 1. The Bertz CT molecular complexity index is 1080. The van der Waals surface area contributed by atoms with Crippen LogP contribution < -0.4 is 4.74 Å². The highest BCUT2D eigenvalue weighted by atomic mass is 32.2. The Labute approximate surface area is 210 Å². The molecule has 5 nitrogen and oxygen atoms in total. The van der Waals surface area contributed by atoms with Crippen LogP contribution in [-0.4, -0.2) is 55.5 Å². The number of hydrogen-bond donors (Lipinski definition) is 0. The summed E-state index contributed by atoms with van der Waals surface area (Å²) in [7, 11) is 3.17. The number of carbonyl (C=O) groups is 1. The zero-order valence-corrected chi connectivity index (χ0v) is 21.8. The van der Waals surface area contributed by atoms with Crippen LogP contribution in [-0.2, 0) is 22.4 Å². The maximum atomic E-state index is 11.6. The van der Waals surface area contributed by atoms with Crippen LogP contribution in [0.1, 0.15) is 36.8 Å². The summed E-state index contributed by atoms with van der Waals surface area (Å²) in [4.78, 5) is 18.6. The number of rotatable bonds is 11. The molecule has 0 spiro atoms. The Balaban J connectivity index is 1.21. The topological polar surface area (TPSA) is 51.7 Å². The zero-order valence-electron chi connectivity index (χ0n) is 20.1. The van der Waals surface area contributed by atoms with E-state index in [4.69, 9.17) is 9.47 Å². The third-order valence-corrected chi connectivity index (χ3v) is 8.71. The van der Waals surface area contributed by atoms with E-state index in [9.17, 15) is 4.79 Å². The summed E-state index contributed by atoms with van der Waals surface area (Å²) in [6, 6.07) is 10.8. The van der Waals surface area contributed by atoms with Crippen molar-refractivity contribution in [1.82, 2.24) is 9.88 Å². The van der Waals surface area contributed by atoms with Gasteiger partial charge in [-0.15, -0.1) is 23.1 Å². The summed E-state index contributed by atoms with van der Waals surface area (Å²) in [6.45, 7) is 3.23.